The summed E-state index contributed by atoms with van der Waals surface area (Å²) in [6, 6.07) is 12.0. The molecule has 0 radical (unpaired) electrons. The molecule has 1 aromatic carbocycles. The highest BCUT2D eigenvalue weighted by atomic mass is 32.2. The Bertz CT molecular complexity index is 1000. The standard InChI is InChI=1S/C17H16N6OS/c24-16-20-21-17(23(16)10-7-13-5-2-1-3-6-13)25-12-14-11-22-9-4-8-18-15(22)19-14/h1-6,8-9,11H,7,10,12H2,(H,20,24). The largest absolute Gasteiger partial charge is 0.343 e. The van der Waals surface area contributed by atoms with Crippen molar-refractivity contribution in [3.05, 3.63) is 76.7 Å². The number of nitrogens with one attached hydrogen (secondary N) is 1. The van der Waals surface area contributed by atoms with Gasteiger partial charge in [-0.3, -0.25) is 8.97 Å². The molecule has 0 spiro atoms. The minimum absolute atomic E-state index is 0.185. The molecule has 0 unspecified atom stereocenters. The molecule has 126 valence electrons. The van der Waals surface area contributed by atoms with Crippen molar-refractivity contribution < 1.29 is 0 Å². The molecule has 0 amide bonds. The van der Waals surface area contributed by atoms with Crippen molar-refractivity contribution in [2.75, 3.05) is 0 Å². The first-order valence-corrected chi connectivity index (χ1v) is 8.89. The number of aromatic nitrogens is 6. The van der Waals surface area contributed by atoms with Crippen LogP contribution in [0, 0.1) is 0 Å². The predicted molar refractivity (Wildman–Crippen MR) is 95.5 cm³/mol. The Balaban J connectivity index is 1.46. The number of benzene rings is 1. The lowest BCUT2D eigenvalue weighted by Crippen LogP contribution is -2.18. The molecule has 4 rings (SSSR count). The van der Waals surface area contributed by atoms with E-state index in [9.17, 15) is 4.79 Å². The maximum Gasteiger partial charge on any atom is 0.343 e. The highest BCUT2D eigenvalue weighted by molar-refractivity contribution is 7.98. The molecule has 0 saturated carbocycles. The number of aryl methyl sites for hydroxylation is 1. The van der Waals surface area contributed by atoms with Gasteiger partial charge in [0.2, 0.25) is 5.78 Å². The molecule has 8 heteroatoms. The number of nitrogens with zero attached hydrogens (tertiary/aromatic N) is 5. The van der Waals surface area contributed by atoms with Crippen LogP contribution in [0.3, 0.4) is 0 Å². The van der Waals surface area contributed by atoms with E-state index in [1.807, 2.05) is 41.1 Å². The Morgan fingerprint density at radius 3 is 2.88 bits per heavy atom. The highest BCUT2D eigenvalue weighted by Gasteiger charge is 2.11. The van der Waals surface area contributed by atoms with Crippen molar-refractivity contribution in [2.24, 2.45) is 0 Å². The maximum atomic E-state index is 12.0. The van der Waals surface area contributed by atoms with E-state index in [1.54, 1.807) is 10.8 Å². The van der Waals surface area contributed by atoms with Gasteiger partial charge >= 0.3 is 5.69 Å². The first-order valence-electron chi connectivity index (χ1n) is 7.90. The Labute approximate surface area is 147 Å². The third-order valence-corrected chi connectivity index (χ3v) is 4.83. The second-order valence-corrected chi connectivity index (χ2v) is 6.49. The lowest BCUT2D eigenvalue weighted by Gasteiger charge is -2.05. The minimum atomic E-state index is -0.185. The van der Waals surface area contributed by atoms with Crippen molar-refractivity contribution in [3.8, 4) is 0 Å². The summed E-state index contributed by atoms with van der Waals surface area (Å²) in [5, 5.41) is 7.34. The number of thioether (sulfide) groups is 1. The topological polar surface area (TPSA) is 80.9 Å². The van der Waals surface area contributed by atoms with Crippen molar-refractivity contribution in [1.82, 2.24) is 29.1 Å². The molecule has 4 aromatic rings. The molecule has 0 aliphatic rings. The zero-order valence-electron chi connectivity index (χ0n) is 13.4. The molecule has 0 aliphatic carbocycles. The van der Waals surface area contributed by atoms with E-state index in [4.69, 9.17) is 0 Å². The smallest absolute Gasteiger partial charge is 0.291 e. The average molecular weight is 352 g/mol. The normalized spacial score (nSPS) is 11.2. The average Bonchev–Trinajstić information content (AvgIpc) is 3.22. The second-order valence-electron chi connectivity index (χ2n) is 5.55. The van der Waals surface area contributed by atoms with E-state index in [-0.39, 0.29) is 5.69 Å². The first kappa shape index (κ1) is 15.6. The molecule has 1 N–H and O–H groups in total. The number of fused-ring (bicyclic) bond motifs is 1. The van der Waals surface area contributed by atoms with E-state index in [2.05, 4.69) is 32.3 Å². The summed E-state index contributed by atoms with van der Waals surface area (Å²) in [6.45, 7) is 0.592. The van der Waals surface area contributed by atoms with Gasteiger partial charge in [-0.1, -0.05) is 42.1 Å². The zero-order chi connectivity index (χ0) is 17.1. The molecular weight excluding hydrogens is 336 g/mol. The molecule has 3 aromatic heterocycles. The van der Waals surface area contributed by atoms with Crippen LogP contribution in [-0.4, -0.2) is 29.1 Å². The highest BCUT2D eigenvalue weighted by Crippen LogP contribution is 2.19. The summed E-state index contributed by atoms with van der Waals surface area (Å²) in [5.41, 5.74) is 1.90. The van der Waals surface area contributed by atoms with Crippen LogP contribution in [0.15, 0.2) is 64.9 Å². The van der Waals surface area contributed by atoms with Crippen LogP contribution in [0.2, 0.25) is 0 Å². The summed E-state index contributed by atoms with van der Waals surface area (Å²) in [7, 11) is 0. The Morgan fingerprint density at radius 2 is 2.04 bits per heavy atom. The van der Waals surface area contributed by atoms with Crippen molar-refractivity contribution >= 4 is 17.5 Å². The second kappa shape index (κ2) is 6.94. The van der Waals surface area contributed by atoms with Gasteiger partial charge in [0.25, 0.3) is 0 Å². The molecule has 0 aliphatic heterocycles. The SMILES string of the molecule is O=c1[nH]nc(SCc2cn3cccnc3n2)n1CCc1ccccc1. The van der Waals surface area contributed by atoms with Gasteiger partial charge in [0.05, 0.1) is 5.69 Å². The van der Waals surface area contributed by atoms with Crippen LogP contribution in [-0.2, 0) is 18.7 Å². The number of aromatic amines is 1. The number of H-pyrrole nitrogens is 1. The van der Waals surface area contributed by atoms with Gasteiger partial charge in [-0.05, 0) is 18.1 Å². The molecule has 0 bridgehead atoms. The summed E-state index contributed by atoms with van der Waals surface area (Å²) < 4.78 is 3.55. The Hall–Kier alpha value is -2.87. The van der Waals surface area contributed by atoms with Crippen LogP contribution in [0.1, 0.15) is 11.3 Å². The monoisotopic (exact) mass is 352 g/mol. The van der Waals surface area contributed by atoms with E-state index in [1.165, 1.54) is 17.3 Å². The number of rotatable bonds is 6. The maximum absolute atomic E-state index is 12.0. The first-order chi connectivity index (χ1) is 12.3. The van der Waals surface area contributed by atoms with Gasteiger partial charge in [0.15, 0.2) is 5.16 Å². The molecular formula is C17H16N6OS. The summed E-state index contributed by atoms with van der Waals surface area (Å²) in [6.07, 6.45) is 6.35. The quantitative estimate of drug-likeness (QED) is 0.538. The summed E-state index contributed by atoms with van der Waals surface area (Å²) >= 11 is 1.49. The zero-order valence-corrected chi connectivity index (χ0v) is 14.2. The lowest BCUT2D eigenvalue weighted by atomic mass is 10.1. The van der Waals surface area contributed by atoms with Crippen molar-refractivity contribution in [2.45, 2.75) is 23.9 Å². The van der Waals surface area contributed by atoms with E-state index in [0.29, 0.717) is 23.2 Å². The van der Waals surface area contributed by atoms with Gasteiger partial charge in [-0.25, -0.2) is 19.9 Å². The third kappa shape index (κ3) is 3.48. The fourth-order valence-electron chi connectivity index (χ4n) is 2.58. The summed E-state index contributed by atoms with van der Waals surface area (Å²) in [5.74, 6) is 1.29. The van der Waals surface area contributed by atoms with Crippen LogP contribution in [0.25, 0.3) is 5.78 Å². The van der Waals surface area contributed by atoms with E-state index in [0.717, 1.165) is 12.1 Å². The Kier molecular flexibility index (Phi) is 4.34. The lowest BCUT2D eigenvalue weighted by molar-refractivity contribution is 0.616. The van der Waals surface area contributed by atoms with Crippen LogP contribution >= 0.6 is 11.8 Å². The van der Waals surface area contributed by atoms with Gasteiger partial charge in [0.1, 0.15) is 0 Å². The Morgan fingerprint density at radius 1 is 1.16 bits per heavy atom. The van der Waals surface area contributed by atoms with Crippen molar-refractivity contribution in [3.63, 3.8) is 0 Å². The summed E-state index contributed by atoms with van der Waals surface area (Å²) in [4.78, 5) is 20.7. The molecule has 0 saturated heterocycles. The predicted octanol–water partition coefficient (Wildman–Crippen LogP) is 2.15. The van der Waals surface area contributed by atoms with Crippen molar-refractivity contribution in [1.29, 1.82) is 0 Å². The molecule has 7 nitrogen and oxygen atoms in total. The molecule has 0 fully saturated rings. The third-order valence-electron chi connectivity index (χ3n) is 3.82. The van der Waals surface area contributed by atoms with Crippen LogP contribution in [0.5, 0.6) is 0 Å². The van der Waals surface area contributed by atoms with Gasteiger partial charge < -0.3 is 0 Å². The fourth-order valence-corrected chi connectivity index (χ4v) is 3.44. The van der Waals surface area contributed by atoms with Crippen LogP contribution in [0.4, 0.5) is 0 Å². The molecule has 3 heterocycles. The minimum Gasteiger partial charge on any atom is -0.291 e. The number of imidazole rings is 1. The number of hydrogen-bond donors (Lipinski definition) is 1. The van der Waals surface area contributed by atoms with Gasteiger partial charge in [-0.15, -0.1) is 5.10 Å². The number of hydrogen-bond acceptors (Lipinski definition) is 5. The molecule has 25 heavy (non-hydrogen) atoms. The van der Waals surface area contributed by atoms with E-state index < -0.39 is 0 Å². The fraction of sp³-hybridized carbons (Fsp3) is 0.176. The van der Waals surface area contributed by atoms with Crippen LogP contribution < -0.4 is 5.69 Å². The van der Waals surface area contributed by atoms with Gasteiger partial charge in [-0.2, -0.15) is 0 Å². The molecule has 0 atom stereocenters. The van der Waals surface area contributed by atoms with E-state index >= 15 is 0 Å². The van der Waals surface area contributed by atoms with Gasteiger partial charge in [0, 0.05) is 30.9 Å².